The van der Waals surface area contributed by atoms with E-state index in [0.29, 0.717) is 30.8 Å². The van der Waals surface area contributed by atoms with Gasteiger partial charge in [-0.3, -0.25) is 10.1 Å². The van der Waals surface area contributed by atoms with Crippen molar-refractivity contribution in [3.63, 3.8) is 0 Å². The molecule has 1 heterocycles. The van der Waals surface area contributed by atoms with Crippen LogP contribution in [0.15, 0.2) is 24.3 Å². The number of hydrogen-bond donors (Lipinski definition) is 2. The van der Waals surface area contributed by atoms with Gasteiger partial charge in [0.1, 0.15) is 0 Å². The van der Waals surface area contributed by atoms with Crippen molar-refractivity contribution >= 4 is 43.7 Å². The van der Waals surface area contributed by atoms with Crippen molar-refractivity contribution in [1.29, 1.82) is 0 Å². The zero-order valence-electron chi connectivity index (χ0n) is 19.3. The van der Waals surface area contributed by atoms with E-state index in [4.69, 9.17) is 25.1 Å². The molecule has 2 aliphatic rings. The first-order chi connectivity index (χ1) is 15.0. The predicted molar refractivity (Wildman–Crippen MR) is 119 cm³/mol. The van der Waals surface area contributed by atoms with Gasteiger partial charge in [0.2, 0.25) is 0 Å². The molecule has 1 aliphatic carbocycles. The minimum atomic E-state index is -0.757. The average molecular weight is 477 g/mol. The summed E-state index contributed by atoms with van der Waals surface area (Å²) in [6.07, 6.45) is 9.41. The first-order valence-electron chi connectivity index (χ1n) is 11.2. The molecule has 0 spiro atoms. The number of ether oxygens (including phenoxy) is 2. The SMILES string of the molecule is C[CH-]CCC1CCCC2C(C)C(OCc3ccc(CCC(=O)O)cc3)OCC12.[Ca+2].[O-]OO. The molecule has 1 saturated heterocycles. The molecule has 3 rings (SSSR count). The molecule has 7 nitrogen and oxygen atoms in total. The molecule has 5 atom stereocenters. The minimum absolute atomic E-state index is 0. The van der Waals surface area contributed by atoms with Crippen LogP contribution in [0.25, 0.3) is 0 Å². The summed E-state index contributed by atoms with van der Waals surface area (Å²) in [6.45, 7) is 5.83. The Kier molecular flexibility index (Phi) is 15.3. The zero-order valence-corrected chi connectivity index (χ0v) is 21.5. The van der Waals surface area contributed by atoms with Crippen LogP contribution in [0.4, 0.5) is 0 Å². The van der Waals surface area contributed by atoms with E-state index in [2.05, 4.69) is 20.3 Å². The van der Waals surface area contributed by atoms with E-state index in [1.165, 1.54) is 32.1 Å². The molecule has 176 valence electrons. The van der Waals surface area contributed by atoms with E-state index in [1.54, 1.807) is 0 Å². The number of benzene rings is 1. The summed E-state index contributed by atoms with van der Waals surface area (Å²) in [5.41, 5.74) is 2.16. The van der Waals surface area contributed by atoms with Crippen molar-refractivity contribution in [2.45, 2.75) is 71.7 Å². The second-order valence-electron chi connectivity index (χ2n) is 8.66. The van der Waals surface area contributed by atoms with E-state index >= 15 is 0 Å². The van der Waals surface area contributed by atoms with Crippen LogP contribution >= 0.6 is 0 Å². The van der Waals surface area contributed by atoms with Crippen LogP contribution < -0.4 is 5.26 Å². The van der Waals surface area contributed by atoms with Crippen LogP contribution in [-0.2, 0) is 32.3 Å². The van der Waals surface area contributed by atoms with E-state index < -0.39 is 5.97 Å². The monoisotopic (exact) mass is 476 g/mol. The van der Waals surface area contributed by atoms with Crippen LogP contribution in [0.5, 0.6) is 0 Å². The number of carboxylic acid groups (broad SMARTS) is 1. The maximum Gasteiger partial charge on any atom is 2.00 e. The van der Waals surface area contributed by atoms with Crippen LogP contribution in [0.1, 0.15) is 63.5 Å². The Hall–Kier alpha value is -0.250. The summed E-state index contributed by atoms with van der Waals surface area (Å²) in [6, 6.07) is 8.06. The van der Waals surface area contributed by atoms with Gasteiger partial charge in [-0.15, -0.1) is 0 Å². The number of aliphatic carboxylic acids is 1. The Morgan fingerprint density at radius 1 is 1.22 bits per heavy atom. The number of aryl methyl sites for hydroxylation is 1. The molecular formula is C24H36CaO7. The van der Waals surface area contributed by atoms with Gasteiger partial charge in [-0.1, -0.05) is 50.5 Å². The first-order valence-corrected chi connectivity index (χ1v) is 11.2. The molecule has 0 aromatic heterocycles. The molecule has 1 aromatic rings. The molecule has 32 heavy (non-hydrogen) atoms. The van der Waals surface area contributed by atoms with Crippen LogP contribution in [-0.4, -0.2) is 67.0 Å². The normalized spacial score (nSPS) is 26.8. The standard InChI is InChI=1S/C24H35O4.Ca.H2O3/c1-3-4-6-20-7-5-8-21-17(2)24(28-16-22(20)21)27-15-19-11-9-18(10-12-19)13-14-23(25)26;;1-3-2/h3,9-12,17,20-22,24H,4-8,13-16H2,1-2H3,(H,25,26);;1-2H/q-1;+2;/p-1. The van der Waals surface area contributed by atoms with Crippen LogP contribution in [0, 0.1) is 30.1 Å². The zero-order chi connectivity index (χ0) is 22.6. The molecule has 0 bridgehead atoms. The van der Waals surface area contributed by atoms with Crippen molar-refractivity contribution in [2.75, 3.05) is 6.61 Å². The average Bonchev–Trinajstić information content (AvgIpc) is 2.77. The largest absolute Gasteiger partial charge is 2.00 e. The van der Waals surface area contributed by atoms with Crippen molar-refractivity contribution in [2.24, 2.45) is 23.7 Å². The smallest absolute Gasteiger partial charge is 0.692 e. The van der Waals surface area contributed by atoms with Gasteiger partial charge in [0.05, 0.1) is 13.2 Å². The minimum Gasteiger partial charge on any atom is -0.692 e. The van der Waals surface area contributed by atoms with Crippen molar-refractivity contribution in [1.82, 2.24) is 0 Å². The van der Waals surface area contributed by atoms with Gasteiger partial charge in [0, 0.05) is 12.3 Å². The molecule has 2 N–H and O–H groups in total. The second-order valence-corrected chi connectivity index (χ2v) is 8.66. The molecule has 0 amide bonds. The summed E-state index contributed by atoms with van der Waals surface area (Å²) < 4.78 is 12.3. The quantitative estimate of drug-likeness (QED) is 0.242. The Balaban J connectivity index is 0.00000121. The fourth-order valence-electron chi connectivity index (χ4n) is 5.04. The second kappa shape index (κ2) is 16.4. The number of carboxylic acids is 1. The molecule has 0 radical (unpaired) electrons. The Morgan fingerprint density at radius 2 is 1.88 bits per heavy atom. The van der Waals surface area contributed by atoms with Gasteiger partial charge >= 0.3 is 43.7 Å². The predicted octanol–water partition coefficient (Wildman–Crippen LogP) is 3.62. The van der Waals surface area contributed by atoms with Gasteiger partial charge in [-0.25, -0.2) is 0 Å². The summed E-state index contributed by atoms with van der Waals surface area (Å²) >= 11 is 0. The Bertz CT molecular complexity index is 640. The molecule has 1 saturated carbocycles. The number of rotatable bonds is 9. The summed E-state index contributed by atoms with van der Waals surface area (Å²) in [5, 5.41) is 25.3. The van der Waals surface area contributed by atoms with Crippen molar-refractivity contribution in [3.8, 4) is 0 Å². The summed E-state index contributed by atoms with van der Waals surface area (Å²) in [4.78, 5) is 10.7. The third-order valence-electron chi connectivity index (χ3n) is 6.72. The first kappa shape index (κ1) is 29.8. The van der Waals surface area contributed by atoms with Gasteiger partial charge in [0.25, 0.3) is 0 Å². The summed E-state index contributed by atoms with van der Waals surface area (Å²) in [5.74, 6) is 1.88. The van der Waals surface area contributed by atoms with Crippen molar-refractivity contribution in [3.05, 3.63) is 41.8 Å². The molecular weight excluding hydrogens is 440 g/mol. The fraction of sp³-hybridized carbons (Fsp3) is 0.667. The number of hydrogen-bond acceptors (Lipinski definition) is 6. The topological polar surface area (TPSA) is 108 Å². The van der Waals surface area contributed by atoms with E-state index in [9.17, 15) is 4.79 Å². The number of carbonyl (C=O) groups is 1. The Labute approximate surface area is 221 Å². The Morgan fingerprint density at radius 3 is 2.50 bits per heavy atom. The molecule has 2 fully saturated rings. The van der Waals surface area contributed by atoms with E-state index in [0.717, 1.165) is 23.7 Å². The maximum atomic E-state index is 10.7. The third-order valence-corrected chi connectivity index (χ3v) is 6.72. The van der Waals surface area contributed by atoms with E-state index in [-0.39, 0.29) is 50.4 Å². The van der Waals surface area contributed by atoms with Crippen molar-refractivity contribution < 1.29 is 34.9 Å². The van der Waals surface area contributed by atoms with Gasteiger partial charge < -0.3 is 31.3 Å². The molecule has 1 aromatic carbocycles. The van der Waals surface area contributed by atoms with Gasteiger partial charge in [-0.05, 0) is 41.7 Å². The molecule has 8 heteroatoms. The number of fused-ring (bicyclic) bond motifs is 1. The third kappa shape index (κ3) is 9.55. The fourth-order valence-corrected chi connectivity index (χ4v) is 5.04. The maximum absolute atomic E-state index is 10.7. The molecule has 5 unspecified atom stereocenters. The van der Waals surface area contributed by atoms with E-state index in [1.807, 2.05) is 29.3 Å². The summed E-state index contributed by atoms with van der Waals surface area (Å²) in [7, 11) is 0. The molecule has 1 aliphatic heterocycles. The van der Waals surface area contributed by atoms with Gasteiger partial charge in [-0.2, -0.15) is 13.3 Å². The number of unbranched alkanes of at least 4 members (excludes halogenated alkanes) is 1. The van der Waals surface area contributed by atoms with Crippen LogP contribution in [0.3, 0.4) is 0 Å². The van der Waals surface area contributed by atoms with Gasteiger partial charge in [0.15, 0.2) is 6.29 Å². The van der Waals surface area contributed by atoms with Crippen LogP contribution in [0.2, 0.25) is 0 Å².